The molecule has 0 fully saturated rings. The second kappa shape index (κ2) is 4.46. The number of hydrogen-bond acceptors (Lipinski definition) is 4. The van der Waals surface area contributed by atoms with E-state index in [0.717, 1.165) is 6.42 Å². The van der Waals surface area contributed by atoms with Crippen LogP contribution in [0.3, 0.4) is 0 Å². The smallest absolute Gasteiger partial charge is 0.194 e. The minimum Gasteiger partial charge on any atom is -0.293 e. The zero-order valence-corrected chi connectivity index (χ0v) is 9.35. The standard InChI is InChI=1S/C10H13NO2S/c1-4-6(2)9(13)10-11-8(5-14-10)7(3)12/h5-6H,4H2,1-3H3. The first kappa shape index (κ1) is 11.0. The Labute approximate surface area is 87.2 Å². The van der Waals surface area contributed by atoms with Gasteiger partial charge in [0.1, 0.15) is 5.69 Å². The summed E-state index contributed by atoms with van der Waals surface area (Å²) in [6.45, 7) is 5.28. The van der Waals surface area contributed by atoms with E-state index in [0.29, 0.717) is 10.7 Å². The van der Waals surface area contributed by atoms with Gasteiger partial charge in [0.05, 0.1) is 0 Å². The molecule has 0 saturated heterocycles. The Morgan fingerprint density at radius 1 is 1.57 bits per heavy atom. The molecule has 0 amide bonds. The fourth-order valence-electron chi connectivity index (χ4n) is 0.945. The molecular weight excluding hydrogens is 198 g/mol. The van der Waals surface area contributed by atoms with Crippen molar-refractivity contribution in [2.45, 2.75) is 27.2 Å². The van der Waals surface area contributed by atoms with Crippen LogP contribution in [0.5, 0.6) is 0 Å². The van der Waals surface area contributed by atoms with E-state index >= 15 is 0 Å². The molecule has 1 heterocycles. The van der Waals surface area contributed by atoms with Crippen molar-refractivity contribution in [3.8, 4) is 0 Å². The molecule has 0 radical (unpaired) electrons. The van der Waals surface area contributed by atoms with Crippen molar-refractivity contribution in [3.05, 3.63) is 16.1 Å². The highest BCUT2D eigenvalue weighted by atomic mass is 32.1. The molecule has 0 aliphatic heterocycles. The number of hydrogen-bond donors (Lipinski definition) is 0. The van der Waals surface area contributed by atoms with Gasteiger partial charge in [-0.1, -0.05) is 13.8 Å². The first-order chi connectivity index (χ1) is 6.56. The predicted octanol–water partition coefficient (Wildman–Crippen LogP) is 2.57. The molecule has 1 aromatic rings. The summed E-state index contributed by atoms with van der Waals surface area (Å²) in [6, 6.07) is 0. The van der Waals surface area contributed by atoms with E-state index in [2.05, 4.69) is 4.98 Å². The first-order valence-corrected chi connectivity index (χ1v) is 5.44. The molecule has 76 valence electrons. The Morgan fingerprint density at radius 2 is 2.21 bits per heavy atom. The maximum absolute atomic E-state index is 11.6. The molecular formula is C10H13NO2S. The molecule has 1 aromatic heterocycles. The first-order valence-electron chi connectivity index (χ1n) is 4.57. The molecule has 0 spiro atoms. The number of ketones is 2. The van der Waals surface area contributed by atoms with Gasteiger partial charge in [-0.3, -0.25) is 9.59 Å². The molecule has 0 saturated carbocycles. The molecule has 0 N–H and O–H groups in total. The van der Waals surface area contributed by atoms with Crippen LogP contribution in [0.1, 0.15) is 47.5 Å². The van der Waals surface area contributed by atoms with Crippen molar-refractivity contribution in [2.24, 2.45) is 5.92 Å². The van der Waals surface area contributed by atoms with E-state index in [-0.39, 0.29) is 17.5 Å². The largest absolute Gasteiger partial charge is 0.293 e. The Morgan fingerprint density at radius 3 is 2.64 bits per heavy atom. The number of carbonyl (C=O) groups excluding carboxylic acids is 2. The normalized spacial score (nSPS) is 12.5. The number of nitrogens with zero attached hydrogens (tertiary/aromatic N) is 1. The summed E-state index contributed by atoms with van der Waals surface area (Å²) in [5.41, 5.74) is 0.390. The third-order valence-corrected chi connectivity index (χ3v) is 2.99. The Balaban J connectivity index is 2.87. The van der Waals surface area contributed by atoms with E-state index < -0.39 is 0 Å². The minimum atomic E-state index is -0.0931. The summed E-state index contributed by atoms with van der Waals surface area (Å²) in [4.78, 5) is 26.6. The van der Waals surface area contributed by atoms with Crippen molar-refractivity contribution in [3.63, 3.8) is 0 Å². The number of Topliss-reactive ketones (excluding diaryl/α,β-unsaturated/α-hetero) is 2. The molecule has 4 heteroatoms. The summed E-state index contributed by atoms with van der Waals surface area (Å²) >= 11 is 1.25. The van der Waals surface area contributed by atoms with E-state index in [9.17, 15) is 9.59 Å². The van der Waals surface area contributed by atoms with Crippen LogP contribution in [0.2, 0.25) is 0 Å². The summed E-state index contributed by atoms with van der Waals surface area (Å²) in [7, 11) is 0. The number of carbonyl (C=O) groups is 2. The van der Waals surface area contributed by atoms with E-state index in [4.69, 9.17) is 0 Å². The van der Waals surface area contributed by atoms with Gasteiger partial charge in [0.25, 0.3) is 0 Å². The van der Waals surface area contributed by atoms with E-state index in [1.807, 2.05) is 13.8 Å². The maximum atomic E-state index is 11.6. The average Bonchev–Trinajstić information content (AvgIpc) is 2.64. The molecule has 0 aliphatic rings. The number of aromatic nitrogens is 1. The lowest BCUT2D eigenvalue weighted by molar-refractivity contribution is 0.0927. The third kappa shape index (κ3) is 2.26. The van der Waals surface area contributed by atoms with Crippen LogP contribution in [0, 0.1) is 5.92 Å². The average molecular weight is 211 g/mol. The zero-order valence-electron chi connectivity index (χ0n) is 8.53. The highest BCUT2D eigenvalue weighted by Gasteiger charge is 2.17. The lowest BCUT2D eigenvalue weighted by atomic mass is 10.0. The lowest BCUT2D eigenvalue weighted by Gasteiger charge is -2.02. The lowest BCUT2D eigenvalue weighted by Crippen LogP contribution is -2.10. The molecule has 1 unspecified atom stereocenters. The van der Waals surface area contributed by atoms with E-state index in [1.54, 1.807) is 5.38 Å². The van der Waals surface area contributed by atoms with Crippen LogP contribution in [0.4, 0.5) is 0 Å². The molecule has 0 bridgehead atoms. The van der Waals surface area contributed by atoms with Crippen molar-refractivity contribution >= 4 is 22.9 Å². The van der Waals surface area contributed by atoms with Crippen molar-refractivity contribution < 1.29 is 9.59 Å². The van der Waals surface area contributed by atoms with Gasteiger partial charge in [-0.15, -0.1) is 11.3 Å². The van der Waals surface area contributed by atoms with Crippen LogP contribution >= 0.6 is 11.3 Å². The Kier molecular flexibility index (Phi) is 3.52. The molecule has 3 nitrogen and oxygen atoms in total. The number of thiazole rings is 1. The van der Waals surface area contributed by atoms with Gasteiger partial charge in [0.2, 0.25) is 0 Å². The quantitative estimate of drug-likeness (QED) is 0.719. The second-order valence-electron chi connectivity index (χ2n) is 3.27. The van der Waals surface area contributed by atoms with Crippen LogP contribution in [0.15, 0.2) is 5.38 Å². The third-order valence-electron chi connectivity index (χ3n) is 2.14. The van der Waals surface area contributed by atoms with Gasteiger partial charge in [-0.25, -0.2) is 4.98 Å². The van der Waals surface area contributed by atoms with Crippen molar-refractivity contribution in [1.82, 2.24) is 4.98 Å². The maximum Gasteiger partial charge on any atom is 0.194 e. The van der Waals surface area contributed by atoms with Gasteiger partial charge >= 0.3 is 0 Å². The summed E-state index contributed by atoms with van der Waals surface area (Å²) < 4.78 is 0. The summed E-state index contributed by atoms with van der Waals surface area (Å²) in [5, 5.41) is 2.09. The Bertz CT molecular complexity index is 357. The van der Waals surface area contributed by atoms with Crippen molar-refractivity contribution in [1.29, 1.82) is 0 Å². The van der Waals surface area contributed by atoms with Crippen LogP contribution in [-0.4, -0.2) is 16.6 Å². The van der Waals surface area contributed by atoms with Gasteiger partial charge in [-0.05, 0) is 6.42 Å². The summed E-state index contributed by atoms with van der Waals surface area (Å²) in [6.07, 6.45) is 0.799. The Hall–Kier alpha value is -1.03. The second-order valence-corrected chi connectivity index (χ2v) is 4.13. The molecule has 1 rings (SSSR count). The van der Waals surface area contributed by atoms with Crippen molar-refractivity contribution in [2.75, 3.05) is 0 Å². The van der Waals surface area contributed by atoms with Gasteiger partial charge in [0, 0.05) is 18.2 Å². The van der Waals surface area contributed by atoms with Crippen LogP contribution in [-0.2, 0) is 0 Å². The summed E-state index contributed by atoms with van der Waals surface area (Å²) in [5.74, 6) is -0.0737. The minimum absolute atomic E-state index is 0.0130. The van der Waals surface area contributed by atoms with E-state index in [1.165, 1.54) is 18.3 Å². The van der Waals surface area contributed by atoms with Crippen LogP contribution < -0.4 is 0 Å². The molecule has 14 heavy (non-hydrogen) atoms. The van der Waals surface area contributed by atoms with Gasteiger partial charge in [0.15, 0.2) is 16.6 Å². The van der Waals surface area contributed by atoms with Gasteiger partial charge in [-0.2, -0.15) is 0 Å². The predicted molar refractivity (Wildman–Crippen MR) is 55.9 cm³/mol. The van der Waals surface area contributed by atoms with Crippen LogP contribution in [0.25, 0.3) is 0 Å². The SMILES string of the molecule is CCC(C)C(=O)c1nc(C(C)=O)cs1. The highest BCUT2D eigenvalue weighted by molar-refractivity contribution is 7.12. The zero-order chi connectivity index (χ0) is 10.7. The topological polar surface area (TPSA) is 47.0 Å². The molecule has 1 atom stereocenters. The molecule has 0 aliphatic carbocycles. The number of rotatable bonds is 4. The fraction of sp³-hybridized carbons (Fsp3) is 0.500. The monoisotopic (exact) mass is 211 g/mol. The molecule has 0 aromatic carbocycles. The van der Waals surface area contributed by atoms with Gasteiger partial charge < -0.3 is 0 Å². The fourth-order valence-corrected chi connectivity index (χ4v) is 1.86. The highest BCUT2D eigenvalue weighted by Crippen LogP contribution is 2.16.